The lowest BCUT2D eigenvalue weighted by molar-refractivity contribution is -0.216. The maximum atomic E-state index is 13.0. The molecule has 1 aliphatic rings. The minimum absolute atomic E-state index is 0.0542. The summed E-state index contributed by atoms with van der Waals surface area (Å²) in [5.74, 6) is -1.44. The van der Waals surface area contributed by atoms with Crippen molar-refractivity contribution >= 4 is 27.6 Å². The highest BCUT2D eigenvalue weighted by Gasteiger charge is 2.54. The van der Waals surface area contributed by atoms with Gasteiger partial charge in [-0.2, -0.15) is 0 Å². The summed E-state index contributed by atoms with van der Waals surface area (Å²) < 4.78 is 49.2. The minimum Gasteiger partial charge on any atom is -0.462 e. The highest BCUT2D eigenvalue weighted by Crippen LogP contribution is 2.49. The van der Waals surface area contributed by atoms with Gasteiger partial charge in [0, 0.05) is 12.8 Å². The number of esters is 2. The lowest BCUT2D eigenvalue weighted by atomic mass is 9.85. The molecular weight excluding hydrogens is 898 g/mol. The number of rotatable bonds is 36. The number of allylic oxidation sites excluding steroid dienone is 15. The molecule has 8 N–H and O–H groups in total. The number of ether oxygens (including phenoxy) is 2. The molecule has 1 rings (SSSR count). The van der Waals surface area contributed by atoms with Gasteiger partial charge in [-0.1, -0.05) is 130 Å². The summed E-state index contributed by atoms with van der Waals surface area (Å²) in [4.78, 5) is 54.3. The van der Waals surface area contributed by atoms with Crippen molar-refractivity contribution in [2.75, 3.05) is 13.2 Å². The lowest BCUT2D eigenvalue weighted by Gasteiger charge is -2.43. The molecule has 17 nitrogen and oxygen atoms in total. The lowest BCUT2D eigenvalue weighted by Crippen LogP contribution is -2.64. The Morgan fingerprint density at radius 2 is 1.06 bits per heavy atom. The van der Waals surface area contributed by atoms with Gasteiger partial charge in [0.15, 0.2) is 6.10 Å². The van der Waals surface area contributed by atoms with Gasteiger partial charge in [-0.3, -0.25) is 23.2 Å². The van der Waals surface area contributed by atoms with Crippen LogP contribution in [0.3, 0.4) is 0 Å². The zero-order chi connectivity index (χ0) is 49.1. The van der Waals surface area contributed by atoms with Crippen molar-refractivity contribution in [3.05, 3.63) is 97.2 Å². The average molecular weight is 975 g/mol. The Morgan fingerprint density at radius 1 is 0.561 bits per heavy atom. The standard InChI is InChI=1S/C47H76O17P2/c1-3-5-7-9-11-13-15-17-18-20-22-24-26-28-30-34-40(49)60-36-39(37-61-66(58,59)64-47-44(53)42(51)43(52)46(45(47)54)63-65(55,56)57)62-41(50)35-31-33-38(48)32-29-27-25-23-21-19-16-14-12-10-8-6-4-2/h5-8,11-14,17-19,21,25,27,29,32,38-39,42-48,51-54H,3-4,9-10,15-16,20,22-24,26,28,30-31,33-37H2,1-2H3,(H,58,59)(H2,55,56,57)/b7-5-,8-6-,13-11-,14-12-,18-17-,21-19-,27-25-,32-29+/t38?,39-,42?,43?,44?,45?,46-,47+/m1/s1. The first-order valence-electron chi connectivity index (χ1n) is 22.9. The predicted octanol–water partition coefficient (Wildman–Crippen LogP) is 7.36. The summed E-state index contributed by atoms with van der Waals surface area (Å²) in [6, 6.07) is 0. The number of hydrogen-bond donors (Lipinski definition) is 8. The summed E-state index contributed by atoms with van der Waals surface area (Å²) >= 11 is 0. The van der Waals surface area contributed by atoms with E-state index in [2.05, 4.69) is 85.2 Å². The number of aliphatic hydroxyl groups excluding tert-OH is 5. The van der Waals surface area contributed by atoms with Crippen LogP contribution in [0.1, 0.15) is 123 Å². The van der Waals surface area contributed by atoms with Gasteiger partial charge in [0.2, 0.25) is 0 Å². The second kappa shape index (κ2) is 36.9. The minimum atomic E-state index is -5.39. The van der Waals surface area contributed by atoms with Gasteiger partial charge >= 0.3 is 27.6 Å². The number of hydrogen-bond acceptors (Lipinski definition) is 14. The van der Waals surface area contributed by atoms with Crippen molar-refractivity contribution in [1.82, 2.24) is 0 Å². The zero-order valence-corrected chi connectivity index (χ0v) is 40.2. The first-order valence-corrected chi connectivity index (χ1v) is 25.9. The number of phosphoric ester groups is 2. The Labute approximate surface area is 390 Å². The molecule has 0 radical (unpaired) electrons. The Hall–Kier alpha value is -3.12. The highest BCUT2D eigenvalue weighted by molar-refractivity contribution is 7.47. The van der Waals surface area contributed by atoms with Crippen LogP contribution >= 0.6 is 15.6 Å². The van der Waals surface area contributed by atoms with Crippen LogP contribution in [0.4, 0.5) is 0 Å². The molecule has 6 unspecified atom stereocenters. The van der Waals surface area contributed by atoms with Gasteiger partial charge in [0.05, 0.1) is 12.7 Å². The third kappa shape index (κ3) is 31.0. The van der Waals surface area contributed by atoms with Crippen LogP contribution < -0.4 is 0 Å². The third-order valence-electron chi connectivity index (χ3n) is 9.76. The summed E-state index contributed by atoms with van der Waals surface area (Å²) in [5, 5.41) is 51.6. The van der Waals surface area contributed by atoms with E-state index in [1.54, 1.807) is 18.2 Å². The fourth-order valence-electron chi connectivity index (χ4n) is 6.24. The molecular formula is C47H76O17P2. The Kier molecular flexibility index (Phi) is 34.0. The van der Waals surface area contributed by atoms with E-state index in [9.17, 15) is 49.1 Å². The number of aliphatic hydroxyl groups is 5. The molecule has 0 aromatic rings. The molecule has 376 valence electrons. The van der Waals surface area contributed by atoms with Crippen LogP contribution in [0.25, 0.3) is 0 Å². The molecule has 0 aromatic heterocycles. The molecule has 0 spiro atoms. The van der Waals surface area contributed by atoms with E-state index < -0.39 is 89.6 Å². The second-order valence-corrected chi connectivity index (χ2v) is 18.2. The van der Waals surface area contributed by atoms with Crippen molar-refractivity contribution in [3.63, 3.8) is 0 Å². The average Bonchev–Trinajstić information content (AvgIpc) is 3.26. The normalized spacial score (nSPS) is 22.9. The SMILES string of the molecule is CC/C=C\C/C=C\C/C=C\C/C=C\C=C\C(O)CCCC(=O)O[C@H](COC(=O)CCCCCCC/C=C\C/C=C\C/C=C\CC)COP(=O)(O)O[C@H]1C(O)C(O)C(O)[C@@H](OP(=O)(O)O)C1O. The van der Waals surface area contributed by atoms with Crippen molar-refractivity contribution < 1.29 is 82.0 Å². The first kappa shape index (κ1) is 60.9. The van der Waals surface area contributed by atoms with E-state index in [1.807, 2.05) is 12.2 Å². The Balaban J connectivity index is 2.72. The highest BCUT2D eigenvalue weighted by atomic mass is 31.2. The van der Waals surface area contributed by atoms with E-state index in [0.29, 0.717) is 6.42 Å². The fourth-order valence-corrected chi connectivity index (χ4v) is 7.78. The van der Waals surface area contributed by atoms with Gasteiger partial charge in [0.25, 0.3) is 0 Å². The van der Waals surface area contributed by atoms with Crippen molar-refractivity contribution in [1.29, 1.82) is 0 Å². The molecule has 66 heavy (non-hydrogen) atoms. The molecule has 9 atom stereocenters. The molecule has 1 aliphatic carbocycles. The molecule has 1 fully saturated rings. The predicted molar refractivity (Wildman–Crippen MR) is 251 cm³/mol. The van der Waals surface area contributed by atoms with Crippen molar-refractivity contribution in [3.8, 4) is 0 Å². The van der Waals surface area contributed by atoms with Crippen LogP contribution in [0.15, 0.2) is 97.2 Å². The topological polar surface area (TPSA) is 276 Å². The molecule has 0 heterocycles. The molecule has 0 amide bonds. The summed E-state index contributed by atoms with van der Waals surface area (Å²) in [6.07, 6.45) is 28.2. The molecule has 0 bridgehead atoms. The van der Waals surface area contributed by atoms with Crippen LogP contribution in [-0.2, 0) is 41.8 Å². The van der Waals surface area contributed by atoms with Gasteiger partial charge in [0.1, 0.15) is 43.2 Å². The number of unbranched alkanes of at least 4 members (excludes halogenated alkanes) is 5. The van der Waals surface area contributed by atoms with Gasteiger partial charge in [-0.15, -0.1) is 0 Å². The molecule has 0 aliphatic heterocycles. The van der Waals surface area contributed by atoms with Gasteiger partial charge in [-0.25, -0.2) is 9.13 Å². The summed E-state index contributed by atoms with van der Waals surface area (Å²) in [7, 11) is -10.8. The second-order valence-electron chi connectivity index (χ2n) is 15.6. The quantitative estimate of drug-likeness (QED) is 0.0100. The van der Waals surface area contributed by atoms with Gasteiger partial charge in [-0.05, 0) is 77.0 Å². The smallest absolute Gasteiger partial charge is 0.462 e. The van der Waals surface area contributed by atoms with E-state index in [4.69, 9.17) is 28.3 Å². The van der Waals surface area contributed by atoms with Crippen LogP contribution in [0.2, 0.25) is 0 Å². The summed E-state index contributed by atoms with van der Waals surface area (Å²) in [5.41, 5.74) is 0. The number of carbonyl (C=O) groups excluding carboxylic acids is 2. The Bertz CT molecular complexity index is 1670. The van der Waals surface area contributed by atoms with E-state index in [-0.39, 0.29) is 25.7 Å². The Morgan fingerprint density at radius 3 is 1.64 bits per heavy atom. The van der Waals surface area contributed by atoms with E-state index >= 15 is 0 Å². The largest absolute Gasteiger partial charge is 0.472 e. The number of carbonyl (C=O) groups is 2. The molecule has 19 heteroatoms. The first-order chi connectivity index (χ1) is 31.5. The molecule has 1 saturated carbocycles. The van der Waals surface area contributed by atoms with E-state index in [0.717, 1.165) is 77.0 Å². The van der Waals surface area contributed by atoms with Crippen molar-refractivity contribution in [2.24, 2.45) is 0 Å². The fraction of sp³-hybridized carbons (Fsp3) is 0.617. The third-order valence-corrected chi connectivity index (χ3v) is 11.3. The van der Waals surface area contributed by atoms with Crippen LogP contribution in [0, 0.1) is 0 Å². The number of phosphoric acid groups is 2. The van der Waals surface area contributed by atoms with Crippen molar-refractivity contribution in [2.45, 2.75) is 172 Å². The van der Waals surface area contributed by atoms with E-state index in [1.165, 1.54) is 0 Å². The van der Waals surface area contributed by atoms with Crippen LogP contribution in [0.5, 0.6) is 0 Å². The monoisotopic (exact) mass is 974 g/mol. The summed E-state index contributed by atoms with van der Waals surface area (Å²) in [6.45, 7) is 2.68. The van der Waals surface area contributed by atoms with Gasteiger partial charge < -0.3 is 49.7 Å². The maximum Gasteiger partial charge on any atom is 0.472 e. The van der Waals surface area contributed by atoms with Crippen LogP contribution in [-0.4, -0.2) is 114 Å². The molecule has 0 saturated heterocycles. The maximum absolute atomic E-state index is 13.0. The zero-order valence-electron chi connectivity index (χ0n) is 38.4. The molecule has 0 aromatic carbocycles.